The van der Waals surface area contributed by atoms with Gasteiger partial charge in [0.2, 0.25) is 5.91 Å². The number of benzene rings is 1. The maximum Gasteiger partial charge on any atom is 0.311 e. The van der Waals surface area contributed by atoms with E-state index in [2.05, 4.69) is 15.2 Å². The molecular weight excluding hydrogens is 969 g/mol. The Kier molecular flexibility index (Phi) is 23.0. The lowest BCUT2D eigenvalue weighted by molar-refractivity contribution is -0.318. The van der Waals surface area contributed by atoms with Crippen LogP contribution in [0.15, 0.2) is 30.5 Å². The Hall–Kier alpha value is -3.22. The molecular formula is C55H94N6O14. The standard InChI is InChI=1S/C55H94N6O14/c1-14-43-55(10,68)48(64)37(6)59(11)30-33(2)28-53(8,67)50(35(4)47(36(5)51(66)73-43)74-45-29-54(9,70-13)49(65)38(7)72-45)75-52-46(63)42(27-34(3)71-52)60(12)31-39-22-24-40(25-23-39)41-32-61(58-56-41)26-20-18-16-15-17-19-21-44(62)57-69/h22-25,32-38,42-43,45-50,52,63-65,67-69H,14-21,26-31H2,1-13H3,(H,57,62)/t33-,34-,35+,36-,37-,38+,42+,43-,45+,46-,47+,48-,49+,50-,52+,53-,54-,55-/m1/s1. The van der Waals surface area contributed by atoms with Gasteiger partial charge in [-0.05, 0) is 106 Å². The summed E-state index contributed by atoms with van der Waals surface area (Å²) >= 11 is 0. The van der Waals surface area contributed by atoms with E-state index < -0.39 is 102 Å². The van der Waals surface area contributed by atoms with Gasteiger partial charge in [-0.25, -0.2) is 5.48 Å². The van der Waals surface area contributed by atoms with Gasteiger partial charge in [0, 0.05) is 63.2 Å². The molecule has 0 bridgehead atoms. The van der Waals surface area contributed by atoms with E-state index in [1.165, 1.54) is 14.0 Å². The third-order valence-electron chi connectivity index (χ3n) is 16.5. The molecule has 1 aromatic heterocycles. The summed E-state index contributed by atoms with van der Waals surface area (Å²) in [6.45, 7) is 19.3. The van der Waals surface area contributed by atoms with Crippen molar-refractivity contribution in [3.63, 3.8) is 0 Å². The number of aromatic nitrogens is 3. The fourth-order valence-electron chi connectivity index (χ4n) is 11.7. The number of carbonyl (C=O) groups excluding carboxylic acids is 2. The van der Waals surface area contributed by atoms with Crippen molar-refractivity contribution in [1.82, 2.24) is 30.3 Å². The summed E-state index contributed by atoms with van der Waals surface area (Å²) in [7, 11) is 5.30. The Labute approximate surface area is 445 Å². The van der Waals surface area contributed by atoms with Gasteiger partial charge in [-0.1, -0.05) is 75.9 Å². The summed E-state index contributed by atoms with van der Waals surface area (Å²) < 4.78 is 40.3. The minimum absolute atomic E-state index is 0.100. The van der Waals surface area contributed by atoms with Crippen molar-refractivity contribution >= 4 is 11.9 Å². The number of likely N-dealkylation sites (N-methyl/N-ethyl adjacent to an activating group) is 2. The molecule has 20 nitrogen and oxygen atoms in total. The molecule has 0 radical (unpaired) electrons. The summed E-state index contributed by atoms with van der Waals surface area (Å²) in [5.41, 5.74) is -0.158. The van der Waals surface area contributed by atoms with Crippen molar-refractivity contribution in [1.29, 1.82) is 0 Å². The normalized spacial score (nSPS) is 37.9. The van der Waals surface area contributed by atoms with Crippen molar-refractivity contribution in [2.24, 2.45) is 17.8 Å². The summed E-state index contributed by atoms with van der Waals surface area (Å²) in [6.07, 6.45) is -1.00. The summed E-state index contributed by atoms with van der Waals surface area (Å²) in [5, 5.41) is 77.3. The summed E-state index contributed by atoms with van der Waals surface area (Å²) in [4.78, 5) is 29.7. The van der Waals surface area contributed by atoms with Crippen LogP contribution in [0.5, 0.6) is 0 Å². The molecule has 75 heavy (non-hydrogen) atoms. The first-order valence-corrected chi connectivity index (χ1v) is 27.5. The first-order valence-electron chi connectivity index (χ1n) is 27.5. The number of aryl methyl sites for hydroxylation is 1. The first-order chi connectivity index (χ1) is 35.3. The topological polar surface area (TPSA) is 260 Å². The van der Waals surface area contributed by atoms with Gasteiger partial charge in [-0.3, -0.25) is 24.4 Å². The third kappa shape index (κ3) is 16.2. The molecule has 1 aromatic carbocycles. The predicted molar refractivity (Wildman–Crippen MR) is 280 cm³/mol. The summed E-state index contributed by atoms with van der Waals surface area (Å²) in [5.74, 6) is -3.14. The Morgan fingerprint density at radius 1 is 0.920 bits per heavy atom. The van der Waals surface area contributed by atoms with E-state index >= 15 is 0 Å². The highest BCUT2D eigenvalue weighted by molar-refractivity contribution is 5.74. The van der Waals surface area contributed by atoms with E-state index in [1.807, 2.05) is 74.9 Å². The van der Waals surface area contributed by atoms with Gasteiger partial charge in [0.25, 0.3) is 0 Å². The van der Waals surface area contributed by atoms with Gasteiger partial charge < -0.3 is 58.9 Å². The number of hydrogen-bond donors (Lipinski definition) is 7. The lowest BCUT2D eigenvalue weighted by atomic mass is 9.77. The molecule has 3 fully saturated rings. The fourth-order valence-corrected chi connectivity index (χ4v) is 11.7. The number of hydrogen-bond acceptors (Lipinski definition) is 18. The maximum atomic E-state index is 14.5. The molecule has 20 heteroatoms. The van der Waals surface area contributed by atoms with Crippen LogP contribution >= 0.6 is 0 Å². The van der Waals surface area contributed by atoms with Crippen LogP contribution in [0.2, 0.25) is 0 Å². The molecule has 7 N–H and O–H groups in total. The van der Waals surface area contributed by atoms with Crippen molar-refractivity contribution in [2.45, 2.75) is 243 Å². The molecule has 3 saturated heterocycles. The van der Waals surface area contributed by atoms with Gasteiger partial charge in [0.05, 0.1) is 47.7 Å². The summed E-state index contributed by atoms with van der Waals surface area (Å²) in [6, 6.07) is 7.10. The molecule has 0 aliphatic carbocycles. The van der Waals surface area contributed by atoms with E-state index in [0.29, 0.717) is 25.9 Å². The van der Waals surface area contributed by atoms with Crippen LogP contribution in [-0.2, 0) is 51.1 Å². The Balaban J connectivity index is 1.36. The zero-order chi connectivity index (χ0) is 55.6. The number of unbranched alkanes of at least 4 members (excludes halogenated alkanes) is 5. The maximum absolute atomic E-state index is 14.5. The molecule has 18 atom stereocenters. The molecule has 1 amide bonds. The second-order valence-electron chi connectivity index (χ2n) is 23.1. The molecule has 428 valence electrons. The highest BCUT2D eigenvalue weighted by Crippen LogP contribution is 2.40. The van der Waals surface area contributed by atoms with Crippen LogP contribution in [0.25, 0.3) is 11.3 Å². The van der Waals surface area contributed by atoms with Crippen LogP contribution in [0.1, 0.15) is 145 Å². The quantitative estimate of drug-likeness (QED) is 0.0424. The van der Waals surface area contributed by atoms with Crippen molar-refractivity contribution in [3.05, 3.63) is 36.0 Å². The number of nitrogens with one attached hydrogen (secondary N) is 1. The number of amides is 1. The lowest BCUT2D eigenvalue weighted by Gasteiger charge is -2.49. The Morgan fingerprint density at radius 3 is 2.21 bits per heavy atom. The molecule has 0 unspecified atom stereocenters. The van der Waals surface area contributed by atoms with Crippen LogP contribution in [0.3, 0.4) is 0 Å². The zero-order valence-electron chi connectivity index (χ0n) is 47.1. The molecule has 5 rings (SSSR count). The second kappa shape index (κ2) is 27.6. The largest absolute Gasteiger partial charge is 0.459 e. The minimum atomic E-state index is -1.84. The van der Waals surface area contributed by atoms with Crippen LogP contribution < -0.4 is 5.48 Å². The van der Waals surface area contributed by atoms with Gasteiger partial charge in [0.1, 0.15) is 35.7 Å². The van der Waals surface area contributed by atoms with Crippen molar-refractivity contribution in [2.75, 3.05) is 27.7 Å². The predicted octanol–water partition coefficient (Wildman–Crippen LogP) is 4.97. The lowest BCUT2D eigenvalue weighted by Crippen LogP contribution is -2.60. The van der Waals surface area contributed by atoms with Gasteiger partial charge in [-0.15, -0.1) is 5.10 Å². The van der Waals surface area contributed by atoms with Gasteiger partial charge in [0.15, 0.2) is 12.6 Å². The first kappa shape index (κ1) is 62.6. The van der Waals surface area contributed by atoms with Gasteiger partial charge in [-0.2, -0.15) is 0 Å². The molecule has 2 aromatic rings. The third-order valence-corrected chi connectivity index (χ3v) is 16.5. The van der Waals surface area contributed by atoms with Gasteiger partial charge >= 0.3 is 5.97 Å². The number of aliphatic hydroxyl groups excluding tert-OH is 3. The van der Waals surface area contributed by atoms with E-state index in [0.717, 1.165) is 61.9 Å². The number of hydroxylamine groups is 1. The number of esters is 1. The highest BCUT2D eigenvalue weighted by Gasteiger charge is 2.53. The number of nitrogens with zero attached hydrogens (tertiary/aromatic N) is 5. The van der Waals surface area contributed by atoms with Crippen LogP contribution in [0, 0.1) is 17.8 Å². The number of methoxy groups -OCH3 is 1. The number of rotatable bonds is 19. The zero-order valence-corrected chi connectivity index (χ0v) is 47.1. The SMILES string of the molecule is CC[C@H]1OC(=O)[C@H](C)[C@@H](O[C@H]2C[C@@](C)(OC)[C@@H](O)[C@H](C)O2)[C@H](C)[C@@H](O[C@@H]2O[C@H](C)C[C@H](N(C)Cc3ccc(-c4cn(CCCCCCCCC(=O)NO)nn4)cc3)[C@H]2O)[C@](C)(O)C[C@@H](C)CN(C)[C@H](C)[C@@H](O)[C@]1(C)O. The van der Waals surface area contributed by atoms with E-state index in [4.69, 9.17) is 33.6 Å². The van der Waals surface area contributed by atoms with E-state index in [-0.39, 0.29) is 37.2 Å². The highest BCUT2D eigenvalue weighted by atomic mass is 16.7. The fraction of sp³-hybridized carbons (Fsp3) is 0.818. The van der Waals surface area contributed by atoms with E-state index in [9.17, 15) is 35.1 Å². The number of ether oxygens (including phenoxy) is 6. The molecule has 0 spiro atoms. The van der Waals surface area contributed by atoms with Crippen molar-refractivity contribution < 1.29 is 68.8 Å². The molecule has 3 aliphatic rings. The molecule has 0 saturated carbocycles. The molecule has 4 heterocycles. The van der Waals surface area contributed by atoms with Crippen molar-refractivity contribution in [3.8, 4) is 11.3 Å². The Bertz CT molecular complexity index is 2060. The number of carbonyl (C=O) groups is 2. The monoisotopic (exact) mass is 1060 g/mol. The smallest absolute Gasteiger partial charge is 0.311 e. The van der Waals surface area contributed by atoms with Crippen LogP contribution in [0.4, 0.5) is 0 Å². The van der Waals surface area contributed by atoms with Crippen LogP contribution in [-0.4, -0.2) is 185 Å². The molecule has 3 aliphatic heterocycles. The van der Waals surface area contributed by atoms with E-state index in [1.54, 1.807) is 47.0 Å². The number of aliphatic hydroxyl groups is 5. The average molecular weight is 1060 g/mol. The number of cyclic esters (lactones) is 1. The second-order valence-corrected chi connectivity index (χ2v) is 23.1. The Morgan fingerprint density at radius 2 is 1.57 bits per heavy atom. The average Bonchev–Trinajstić information content (AvgIpc) is 3.84. The minimum Gasteiger partial charge on any atom is -0.459 e.